The number of hydrogen-bond acceptors (Lipinski definition) is 5. The topological polar surface area (TPSA) is 116 Å². The Morgan fingerprint density at radius 2 is 1.73 bits per heavy atom. The van der Waals surface area contributed by atoms with Crippen LogP contribution in [-0.2, 0) is 35.6 Å². The fraction of sp³-hybridized carbons (Fsp3) is 0.562. The number of nitrogens with zero attached hydrogens (tertiary/aromatic N) is 5. The van der Waals surface area contributed by atoms with Crippen LogP contribution in [0.4, 0.5) is 0 Å². The Hall–Kier alpha value is -2.91. The summed E-state index contributed by atoms with van der Waals surface area (Å²) in [6.07, 6.45) is 3.74. The van der Waals surface area contributed by atoms with Crippen molar-refractivity contribution in [2.75, 3.05) is 0 Å². The lowest BCUT2D eigenvalue weighted by Crippen LogP contribution is -2.45. The minimum absolute atomic E-state index is 0.00131. The molecule has 1 aliphatic heterocycles. The van der Waals surface area contributed by atoms with Gasteiger partial charge in [0.15, 0.2) is 0 Å². The molecule has 0 radical (unpaired) electrons. The molecule has 0 bridgehead atoms. The number of hydrogen-bond donors (Lipinski definition) is 2. The summed E-state index contributed by atoms with van der Waals surface area (Å²) in [6.45, 7) is 4.08. The molecule has 1 aliphatic rings. The lowest BCUT2D eigenvalue weighted by atomic mass is 10.2. The second-order valence-corrected chi connectivity index (χ2v) is 6.50. The number of rotatable bonds is 4. The third kappa shape index (κ3) is 4.01. The molecule has 0 fully saturated rings. The predicted octanol–water partition coefficient (Wildman–Crippen LogP) is -0.568. The highest BCUT2D eigenvalue weighted by atomic mass is 16.2. The molecule has 26 heavy (non-hydrogen) atoms. The number of nitrogens with one attached hydrogen (secondary N) is 2. The van der Waals surface area contributed by atoms with E-state index in [1.54, 1.807) is 9.25 Å². The Balaban J connectivity index is 1.54. The van der Waals surface area contributed by atoms with Crippen LogP contribution < -0.4 is 16.5 Å². The van der Waals surface area contributed by atoms with Crippen LogP contribution in [0.3, 0.4) is 0 Å². The van der Waals surface area contributed by atoms with Gasteiger partial charge < -0.3 is 0 Å². The van der Waals surface area contributed by atoms with E-state index in [4.69, 9.17) is 0 Å². The molecule has 0 atom stereocenters. The average Bonchev–Trinajstić information content (AvgIpc) is 2.94. The number of aryl methyl sites for hydroxylation is 3. The first-order valence-electron chi connectivity index (χ1n) is 8.69. The molecule has 0 aliphatic carbocycles. The average molecular weight is 361 g/mol. The zero-order chi connectivity index (χ0) is 18.7. The quantitative estimate of drug-likeness (QED) is 0.708. The van der Waals surface area contributed by atoms with Crippen molar-refractivity contribution in [1.82, 2.24) is 35.0 Å². The summed E-state index contributed by atoms with van der Waals surface area (Å²) in [5, 5.41) is 8.43. The van der Waals surface area contributed by atoms with Crippen molar-refractivity contribution in [3.63, 3.8) is 0 Å². The highest BCUT2D eigenvalue weighted by Crippen LogP contribution is 2.10. The van der Waals surface area contributed by atoms with Gasteiger partial charge in [-0.2, -0.15) is 10.2 Å². The van der Waals surface area contributed by atoms with Gasteiger partial charge in [-0.15, -0.1) is 0 Å². The van der Waals surface area contributed by atoms with Crippen molar-refractivity contribution in [3.8, 4) is 0 Å². The third-order valence-electron chi connectivity index (χ3n) is 4.31. The van der Waals surface area contributed by atoms with Crippen LogP contribution in [0.1, 0.15) is 36.5 Å². The van der Waals surface area contributed by atoms with Crippen LogP contribution in [0, 0.1) is 13.8 Å². The first kappa shape index (κ1) is 17.9. The number of hydrazine groups is 1. The van der Waals surface area contributed by atoms with E-state index in [2.05, 4.69) is 21.0 Å². The van der Waals surface area contributed by atoms with Gasteiger partial charge in [0.1, 0.15) is 18.9 Å². The van der Waals surface area contributed by atoms with E-state index in [9.17, 15) is 14.4 Å². The van der Waals surface area contributed by atoms with E-state index in [1.807, 2.05) is 19.9 Å². The number of aromatic nitrogens is 5. The van der Waals surface area contributed by atoms with Crippen LogP contribution in [0.25, 0.3) is 0 Å². The summed E-state index contributed by atoms with van der Waals surface area (Å²) in [5.74, 6) is -0.201. The van der Waals surface area contributed by atoms with Crippen LogP contribution in [-0.4, -0.2) is 35.9 Å². The van der Waals surface area contributed by atoms with E-state index in [-0.39, 0.29) is 18.8 Å². The molecule has 2 aromatic heterocycles. The summed E-state index contributed by atoms with van der Waals surface area (Å²) in [7, 11) is 0. The fourth-order valence-electron chi connectivity index (χ4n) is 3.05. The molecule has 0 saturated heterocycles. The second kappa shape index (κ2) is 7.54. The maximum absolute atomic E-state index is 12.3. The Morgan fingerprint density at radius 3 is 2.38 bits per heavy atom. The van der Waals surface area contributed by atoms with Crippen LogP contribution in [0.15, 0.2) is 10.9 Å². The van der Waals surface area contributed by atoms with E-state index < -0.39 is 11.8 Å². The molecular formula is C16H23N7O3. The monoisotopic (exact) mass is 361 g/mol. The largest absolute Gasteiger partial charge is 0.346 e. The van der Waals surface area contributed by atoms with Gasteiger partial charge in [0.25, 0.3) is 11.8 Å². The van der Waals surface area contributed by atoms with Gasteiger partial charge in [0.2, 0.25) is 0 Å². The lowest BCUT2D eigenvalue weighted by molar-refractivity contribution is -0.129. The Kier molecular flexibility index (Phi) is 5.19. The molecule has 0 saturated carbocycles. The summed E-state index contributed by atoms with van der Waals surface area (Å²) < 4.78 is 4.32. The maximum Gasteiger partial charge on any atom is 0.346 e. The van der Waals surface area contributed by atoms with Gasteiger partial charge in [-0.3, -0.25) is 29.7 Å². The maximum atomic E-state index is 12.3. The molecule has 0 aromatic carbocycles. The summed E-state index contributed by atoms with van der Waals surface area (Å²) in [4.78, 5) is 36.2. The summed E-state index contributed by atoms with van der Waals surface area (Å²) in [6, 6.07) is 1.86. The molecule has 2 aromatic rings. The van der Waals surface area contributed by atoms with Gasteiger partial charge in [-0.1, -0.05) is 6.42 Å². The number of amides is 2. The SMILES string of the molecule is Cc1cc(C)n(CC(=O)NNC(=O)Cn2nc3n(c2=O)CCCCC3)n1. The standard InChI is InChI=1S/C16H23N7O3/c1-11-8-12(2)22(19-11)9-14(24)17-18-15(25)10-23-16(26)21-7-5-3-4-6-13(21)20-23/h8H,3-7,9-10H2,1-2H3,(H,17,24)(H,18,25). The third-order valence-corrected chi connectivity index (χ3v) is 4.31. The number of carbonyl (C=O) groups is 2. The molecule has 3 rings (SSSR count). The Bertz CT molecular complexity index is 877. The first-order chi connectivity index (χ1) is 12.4. The minimum Gasteiger partial charge on any atom is -0.279 e. The van der Waals surface area contributed by atoms with E-state index in [0.29, 0.717) is 12.4 Å². The molecule has 0 spiro atoms. The molecule has 3 heterocycles. The summed E-state index contributed by atoms with van der Waals surface area (Å²) in [5.41, 5.74) is 6.03. The van der Waals surface area contributed by atoms with Gasteiger partial charge in [0.05, 0.1) is 5.69 Å². The van der Waals surface area contributed by atoms with Crippen molar-refractivity contribution < 1.29 is 9.59 Å². The van der Waals surface area contributed by atoms with Crippen LogP contribution >= 0.6 is 0 Å². The van der Waals surface area contributed by atoms with Crippen molar-refractivity contribution in [2.24, 2.45) is 0 Å². The molecule has 0 unspecified atom stereocenters. The van der Waals surface area contributed by atoms with Crippen LogP contribution in [0.5, 0.6) is 0 Å². The zero-order valence-corrected chi connectivity index (χ0v) is 15.0. The molecule has 10 nitrogen and oxygen atoms in total. The van der Waals surface area contributed by atoms with E-state index >= 15 is 0 Å². The molecule has 10 heteroatoms. The number of carbonyl (C=O) groups excluding carboxylic acids is 2. The molecule has 140 valence electrons. The van der Waals surface area contributed by atoms with E-state index in [1.165, 1.54) is 0 Å². The highest BCUT2D eigenvalue weighted by molar-refractivity contribution is 5.81. The highest BCUT2D eigenvalue weighted by Gasteiger charge is 2.17. The van der Waals surface area contributed by atoms with Crippen LogP contribution in [0.2, 0.25) is 0 Å². The Morgan fingerprint density at radius 1 is 1.04 bits per heavy atom. The second-order valence-electron chi connectivity index (χ2n) is 6.50. The smallest absolute Gasteiger partial charge is 0.279 e. The van der Waals surface area contributed by atoms with E-state index in [0.717, 1.165) is 41.8 Å². The van der Waals surface area contributed by atoms with Crippen molar-refractivity contribution in [3.05, 3.63) is 33.8 Å². The predicted molar refractivity (Wildman–Crippen MR) is 92.0 cm³/mol. The lowest BCUT2D eigenvalue weighted by Gasteiger charge is -2.08. The molecular weight excluding hydrogens is 338 g/mol. The Labute approximate surface area is 150 Å². The molecule has 2 amide bonds. The van der Waals surface area contributed by atoms with Gasteiger partial charge in [-0.05, 0) is 32.8 Å². The first-order valence-corrected chi connectivity index (χ1v) is 8.69. The normalized spacial score (nSPS) is 13.8. The molecule has 2 N–H and O–H groups in total. The van der Waals surface area contributed by atoms with Gasteiger partial charge in [0, 0.05) is 18.7 Å². The summed E-state index contributed by atoms with van der Waals surface area (Å²) >= 11 is 0. The fourth-order valence-corrected chi connectivity index (χ4v) is 3.05. The van der Waals surface area contributed by atoms with Crippen molar-refractivity contribution in [2.45, 2.75) is 59.2 Å². The van der Waals surface area contributed by atoms with Crippen molar-refractivity contribution in [1.29, 1.82) is 0 Å². The number of fused-ring (bicyclic) bond motifs is 1. The van der Waals surface area contributed by atoms with Gasteiger partial charge in [-0.25, -0.2) is 9.48 Å². The zero-order valence-electron chi connectivity index (χ0n) is 15.0. The van der Waals surface area contributed by atoms with Gasteiger partial charge >= 0.3 is 5.69 Å². The minimum atomic E-state index is -0.512. The van der Waals surface area contributed by atoms with Crippen molar-refractivity contribution >= 4 is 11.8 Å².